The molecule has 0 fully saturated rings. The number of aromatic amines is 1. The third kappa shape index (κ3) is 2.64. The molecule has 0 saturated heterocycles. The van der Waals surface area contributed by atoms with Gasteiger partial charge >= 0.3 is 0 Å². The second kappa shape index (κ2) is 5.40. The molecule has 0 aliphatic rings. The fraction of sp³-hybridized carbons (Fsp3) is 0.429. The highest BCUT2D eigenvalue weighted by molar-refractivity contribution is 5.85. The van der Waals surface area contributed by atoms with E-state index in [1.165, 1.54) is 6.07 Å². The van der Waals surface area contributed by atoms with Crippen molar-refractivity contribution in [2.45, 2.75) is 26.3 Å². The zero-order valence-corrected chi connectivity index (χ0v) is 11.0. The fourth-order valence-corrected chi connectivity index (χ4v) is 2.04. The Balaban J connectivity index is 2.25. The van der Waals surface area contributed by atoms with Crippen LogP contribution in [0.15, 0.2) is 18.3 Å². The Kier molecular flexibility index (Phi) is 3.87. The molecule has 18 heavy (non-hydrogen) atoms. The van der Waals surface area contributed by atoms with Crippen LogP contribution in [0.2, 0.25) is 0 Å². The fourth-order valence-electron chi connectivity index (χ4n) is 2.04. The quantitative estimate of drug-likeness (QED) is 0.856. The first kappa shape index (κ1) is 12.9. The molecule has 0 spiro atoms. The lowest BCUT2D eigenvalue weighted by Gasteiger charge is -2.07. The Morgan fingerprint density at radius 1 is 1.39 bits per heavy atom. The summed E-state index contributed by atoms with van der Waals surface area (Å²) < 4.78 is 18.9. The van der Waals surface area contributed by atoms with Gasteiger partial charge in [0.15, 0.2) is 5.82 Å². The van der Waals surface area contributed by atoms with Crippen LogP contribution in [0, 0.1) is 5.82 Å². The number of aromatic nitrogens is 1. The summed E-state index contributed by atoms with van der Waals surface area (Å²) in [6.07, 6.45) is 2.74. The number of hydrogen-bond acceptors (Lipinski definition) is 2. The van der Waals surface area contributed by atoms with E-state index in [0.29, 0.717) is 17.3 Å². The molecule has 0 saturated carbocycles. The van der Waals surface area contributed by atoms with E-state index < -0.39 is 0 Å². The van der Waals surface area contributed by atoms with Crippen molar-refractivity contribution in [1.29, 1.82) is 0 Å². The van der Waals surface area contributed by atoms with Gasteiger partial charge in [0.1, 0.15) is 5.75 Å². The monoisotopic (exact) mass is 250 g/mol. The molecule has 1 heterocycles. The van der Waals surface area contributed by atoms with Gasteiger partial charge in [-0.15, -0.1) is 0 Å². The second-order valence-corrected chi connectivity index (χ2v) is 4.70. The van der Waals surface area contributed by atoms with Gasteiger partial charge in [-0.1, -0.05) is 13.8 Å². The van der Waals surface area contributed by atoms with Crippen LogP contribution < -0.4 is 10.1 Å². The summed E-state index contributed by atoms with van der Waals surface area (Å²) in [5.41, 5.74) is 1.66. The molecule has 4 heteroatoms. The van der Waals surface area contributed by atoms with Crippen molar-refractivity contribution in [1.82, 2.24) is 10.3 Å². The predicted octanol–water partition coefficient (Wildman–Crippen LogP) is 2.86. The smallest absolute Gasteiger partial charge is 0.150 e. The van der Waals surface area contributed by atoms with Gasteiger partial charge in [-0.25, -0.2) is 4.39 Å². The van der Waals surface area contributed by atoms with Gasteiger partial charge in [-0.05, 0) is 24.6 Å². The first-order chi connectivity index (χ1) is 8.61. The maximum Gasteiger partial charge on any atom is 0.150 e. The molecular formula is C14H19FN2O. The summed E-state index contributed by atoms with van der Waals surface area (Å²) in [4.78, 5) is 2.99. The average molecular weight is 250 g/mol. The summed E-state index contributed by atoms with van der Waals surface area (Å²) in [6, 6.07) is 3.73. The zero-order chi connectivity index (χ0) is 13.1. The molecule has 3 nitrogen and oxygen atoms in total. The van der Waals surface area contributed by atoms with Gasteiger partial charge in [0.25, 0.3) is 0 Å². The van der Waals surface area contributed by atoms with Crippen molar-refractivity contribution in [2.75, 3.05) is 13.7 Å². The minimum atomic E-state index is -0.271. The Labute approximate surface area is 106 Å². The van der Waals surface area contributed by atoms with E-state index in [1.807, 2.05) is 12.3 Å². The molecule has 1 aromatic carbocycles. The van der Waals surface area contributed by atoms with Crippen molar-refractivity contribution in [3.05, 3.63) is 29.7 Å². The summed E-state index contributed by atoms with van der Waals surface area (Å²) in [5, 5.41) is 4.25. The standard InChI is InChI=1S/C14H19FN2O/c1-9(2)16-5-4-10-8-17-14-12(10)6-11(18-3)7-13(14)15/h6-9,16-17H,4-5H2,1-3H3. The SMILES string of the molecule is COc1cc(F)c2[nH]cc(CCNC(C)C)c2c1. The van der Waals surface area contributed by atoms with Gasteiger partial charge in [0.2, 0.25) is 0 Å². The molecule has 2 N–H and O–H groups in total. The zero-order valence-electron chi connectivity index (χ0n) is 11.0. The van der Waals surface area contributed by atoms with Crippen molar-refractivity contribution in [3.8, 4) is 5.75 Å². The summed E-state index contributed by atoms with van der Waals surface area (Å²) in [6.45, 7) is 5.10. The highest BCUT2D eigenvalue weighted by Gasteiger charge is 2.10. The van der Waals surface area contributed by atoms with Crippen molar-refractivity contribution in [2.24, 2.45) is 0 Å². The highest BCUT2D eigenvalue weighted by atomic mass is 19.1. The largest absolute Gasteiger partial charge is 0.497 e. The van der Waals surface area contributed by atoms with E-state index in [1.54, 1.807) is 7.11 Å². The number of nitrogens with one attached hydrogen (secondary N) is 2. The molecule has 2 rings (SSSR count). The number of benzene rings is 1. The van der Waals surface area contributed by atoms with Gasteiger partial charge < -0.3 is 15.0 Å². The van der Waals surface area contributed by atoms with Crippen LogP contribution in [0.25, 0.3) is 10.9 Å². The molecule has 2 aromatic rings. The number of fused-ring (bicyclic) bond motifs is 1. The van der Waals surface area contributed by atoms with Crippen LogP contribution in [-0.4, -0.2) is 24.7 Å². The van der Waals surface area contributed by atoms with Crippen LogP contribution in [0.3, 0.4) is 0 Å². The van der Waals surface area contributed by atoms with Crippen molar-refractivity contribution < 1.29 is 9.13 Å². The van der Waals surface area contributed by atoms with E-state index in [9.17, 15) is 4.39 Å². The third-order valence-electron chi connectivity index (χ3n) is 2.98. The Morgan fingerprint density at radius 2 is 2.17 bits per heavy atom. The number of H-pyrrole nitrogens is 1. The van der Waals surface area contributed by atoms with Gasteiger partial charge in [-0.3, -0.25) is 0 Å². The van der Waals surface area contributed by atoms with Gasteiger partial charge in [-0.2, -0.15) is 0 Å². The number of methoxy groups -OCH3 is 1. The van der Waals surface area contributed by atoms with E-state index in [4.69, 9.17) is 4.74 Å². The van der Waals surface area contributed by atoms with Crippen molar-refractivity contribution >= 4 is 10.9 Å². The number of rotatable bonds is 5. The minimum absolute atomic E-state index is 0.271. The number of halogens is 1. The van der Waals surface area contributed by atoms with E-state index in [0.717, 1.165) is 23.9 Å². The van der Waals surface area contributed by atoms with Gasteiger partial charge in [0.05, 0.1) is 12.6 Å². The third-order valence-corrected chi connectivity index (χ3v) is 2.98. The molecule has 0 aliphatic heterocycles. The first-order valence-electron chi connectivity index (χ1n) is 6.18. The van der Waals surface area contributed by atoms with Crippen LogP contribution >= 0.6 is 0 Å². The lowest BCUT2D eigenvalue weighted by Crippen LogP contribution is -2.24. The van der Waals surface area contributed by atoms with Crippen LogP contribution in [0.1, 0.15) is 19.4 Å². The Bertz CT molecular complexity index is 534. The molecular weight excluding hydrogens is 231 g/mol. The second-order valence-electron chi connectivity index (χ2n) is 4.70. The molecule has 0 aliphatic carbocycles. The average Bonchev–Trinajstić information content (AvgIpc) is 2.72. The summed E-state index contributed by atoms with van der Waals surface area (Å²) in [5.74, 6) is 0.282. The van der Waals surface area contributed by atoms with Crippen molar-refractivity contribution in [3.63, 3.8) is 0 Å². The molecule has 0 radical (unpaired) electrons. The maximum atomic E-state index is 13.8. The molecule has 1 aromatic heterocycles. The lowest BCUT2D eigenvalue weighted by molar-refractivity contribution is 0.412. The maximum absolute atomic E-state index is 13.8. The van der Waals surface area contributed by atoms with E-state index in [2.05, 4.69) is 24.1 Å². The summed E-state index contributed by atoms with van der Waals surface area (Å²) >= 11 is 0. The van der Waals surface area contributed by atoms with Crippen LogP contribution in [-0.2, 0) is 6.42 Å². The topological polar surface area (TPSA) is 37.0 Å². The predicted molar refractivity (Wildman–Crippen MR) is 71.7 cm³/mol. The highest BCUT2D eigenvalue weighted by Crippen LogP contribution is 2.26. The minimum Gasteiger partial charge on any atom is -0.497 e. The normalized spacial score (nSPS) is 11.4. The Hall–Kier alpha value is -1.55. The lowest BCUT2D eigenvalue weighted by atomic mass is 10.1. The first-order valence-corrected chi connectivity index (χ1v) is 6.18. The molecule has 0 unspecified atom stereocenters. The van der Waals surface area contributed by atoms with Crippen LogP contribution in [0.4, 0.5) is 4.39 Å². The molecule has 0 bridgehead atoms. The number of hydrogen-bond donors (Lipinski definition) is 2. The Morgan fingerprint density at radius 3 is 2.83 bits per heavy atom. The van der Waals surface area contributed by atoms with E-state index in [-0.39, 0.29) is 5.82 Å². The summed E-state index contributed by atoms with van der Waals surface area (Å²) in [7, 11) is 1.55. The molecule has 0 atom stereocenters. The number of ether oxygens (including phenoxy) is 1. The molecule has 0 amide bonds. The molecule has 98 valence electrons. The van der Waals surface area contributed by atoms with Crippen LogP contribution in [0.5, 0.6) is 5.75 Å². The van der Waals surface area contributed by atoms with E-state index >= 15 is 0 Å². The van der Waals surface area contributed by atoms with Gasteiger partial charge in [0, 0.05) is 23.7 Å².